The molecule has 2 aromatic carbocycles. The van der Waals surface area contributed by atoms with Crippen LogP contribution in [0, 0.1) is 12.8 Å². The van der Waals surface area contributed by atoms with Crippen molar-refractivity contribution < 1.29 is 9.59 Å². The Morgan fingerprint density at radius 1 is 1.12 bits per heavy atom. The van der Waals surface area contributed by atoms with Gasteiger partial charge >= 0.3 is 0 Å². The second-order valence-electron chi connectivity index (χ2n) is 7.43. The lowest BCUT2D eigenvalue weighted by Crippen LogP contribution is -2.28. The van der Waals surface area contributed by atoms with Gasteiger partial charge in [0, 0.05) is 25.2 Å². The third-order valence-electron chi connectivity index (χ3n) is 4.92. The van der Waals surface area contributed by atoms with Crippen molar-refractivity contribution in [3.63, 3.8) is 0 Å². The number of anilines is 1. The van der Waals surface area contributed by atoms with Gasteiger partial charge < -0.3 is 10.2 Å². The maximum Gasteiger partial charge on any atom is 0.229 e. The van der Waals surface area contributed by atoms with E-state index in [1.165, 1.54) is 11.1 Å². The smallest absolute Gasteiger partial charge is 0.229 e. The highest BCUT2D eigenvalue weighted by Gasteiger charge is 2.34. The van der Waals surface area contributed by atoms with Crippen LogP contribution < -0.4 is 5.32 Å². The molecule has 0 aliphatic carbocycles. The van der Waals surface area contributed by atoms with Crippen LogP contribution in [-0.4, -0.2) is 23.3 Å². The molecule has 0 aromatic heterocycles. The minimum atomic E-state index is -0.294. The van der Waals surface area contributed by atoms with Crippen molar-refractivity contribution in [3.8, 4) is 0 Å². The van der Waals surface area contributed by atoms with E-state index >= 15 is 0 Å². The van der Waals surface area contributed by atoms with E-state index in [2.05, 4.69) is 19.2 Å². The molecule has 1 aliphatic heterocycles. The first kappa shape index (κ1) is 18.2. The van der Waals surface area contributed by atoms with E-state index in [1.807, 2.05) is 55.5 Å². The highest BCUT2D eigenvalue weighted by molar-refractivity contribution is 5.97. The zero-order valence-corrected chi connectivity index (χ0v) is 15.7. The van der Waals surface area contributed by atoms with Crippen LogP contribution in [-0.2, 0) is 16.1 Å². The van der Waals surface area contributed by atoms with Gasteiger partial charge in [-0.05, 0) is 36.1 Å². The average molecular weight is 350 g/mol. The molecule has 0 unspecified atom stereocenters. The van der Waals surface area contributed by atoms with Gasteiger partial charge in [0.2, 0.25) is 11.8 Å². The molecule has 1 fully saturated rings. The largest absolute Gasteiger partial charge is 0.338 e. The lowest BCUT2D eigenvalue weighted by molar-refractivity contribution is -0.128. The van der Waals surface area contributed by atoms with Crippen molar-refractivity contribution in [2.45, 2.75) is 39.7 Å². The van der Waals surface area contributed by atoms with E-state index in [0.29, 0.717) is 19.0 Å². The molecule has 136 valence electrons. The van der Waals surface area contributed by atoms with Crippen LogP contribution in [0.3, 0.4) is 0 Å². The van der Waals surface area contributed by atoms with Gasteiger partial charge in [0.15, 0.2) is 0 Å². The molecule has 1 heterocycles. The lowest BCUT2D eigenvalue weighted by atomic mass is 10.0. The maximum atomic E-state index is 12.5. The molecule has 1 atom stereocenters. The molecule has 1 aliphatic rings. The van der Waals surface area contributed by atoms with Crippen LogP contribution in [0.1, 0.15) is 42.9 Å². The van der Waals surface area contributed by atoms with E-state index in [9.17, 15) is 9.59 Å². The molecule has 0 spiro atoms. The maximum absolute atomic E-state index is 12.5. The van der Waals surface area contributed by atoms with Gasteiger partial charge in [-0.25, -0.2) is 0 Å². The van der Waals surface area contributed by atoms with Crippen molar-refractivity contribution in [2.75, 3.05) is 11.9 Å². The summed E-state index contributed by atoms with van der Waals surface area (Å²) in [5.74, 6) is 0.128. The zero-order valence-electron chi connectivity index (χ0n) is 15.7. The molecular weight excluding hydrogens is 324 g/mol. The number of nitrogens with one attached hydrogen (secondary N) is 1. The standard InChI is InChI=1S/C22H26N2O2/c1-15(2)18-8-10-20(11-9-18)23-22(26)19-12-21(25)24(14-19)13-17-6-4-16(3)5-7-17/h4-11,15,19H,12-14H2,1-3H3,(H,23,26)/t19-/m0/s1. The van der Waals surface area contributed by atoms with Crippen molar-refractivity contribution in [1.82, 2.24) is 4.90 Å². The van der Waals surface area contributed by atoms with Crippen molar-refractivity contribution in [3.05, 3.63) is 65.2 Å². The summed E-state index contributed by atoms with van der Waals surface area (Å²) >= 11 is 0. The summed E-state index contributed by atoms with van der Waals surface area (Å²) < 4.78 is 0. The summed E-state index contributed by atoms with van der Waals surface area (Å²) in [6, 6.07) is 16.1. The minimum absolute atomic E-state index is 0.0425. The van der Waals surface area contributed by atoms with Gasteiger partial charge in [0.25, 0.3) is 0 Å². The first-order valence-corrected chi connectivity index (χ1v) is 9.16. The van der Waals surface area contributed by atoms with Gasteiger partial charge in [-0.1, -0.05) is 55.8 Å². The number of benzene rings is 2. The number of carbonyl (C=O) groups is 2. The predicted molar refractivity (Wildman–Crippen MR) is 104 cm³/mol. The zero-order chi connectivity index (χ0) is 18.7. The first-order chi connectivity index (χ1) is 12.4. The van der Waals surface area contributed by atoms with Crippen LogP contribution in [0.2, 0.25) is 0 Å². The van der Waals surface area contributed by atoms with Crippen LogP contribution in [0.15, 0.2) is 48.5 Å². The molecule has 0 bridgehead atoms. The highest BCUT2D eigenvalue weighted by atomic mass is 16.2. The molecule has 3 rings (SSSR count). The number of rotatable bonds is 5. The van der Waals surface area contributed by atoms with Gasteiger partial charge in [-0.15, -0.1) is 0 Å². The fourth-order valence-corrected chi connectivity index (χ4v) is 3.21. The molecule has 4 nitrogen and oxygen atoms in total. The van der Waals surface area contributed by atoms with Crippen molar-refractivity contribution in [1.29, 1.82) is 0 Å². The van der Waals surface area contributed by atoms with Gasteiger partial charge in [-0.3, -0.25) is 9.59 Å². The van der Waals surface area contributed by atoms with Crippen molar-refractivity contribution >= 4 is 17.5 Å². The second-order valence-corrected chi connectivity index (χ2v) is 7.43. The molecule has 1 N–H and O–H groups in total. The Morgan fingerprint density at radius 3 is 2.38 bits per heavy atom. The van der Waals surface area contributed by atoms with E-state index in [4.69, 9.17) is 0 Å². The number of carbonyl (C=O) groups excluding carboxylic acids is 2. The Kier molecular flexibility index (Phi) is 5.40. The van der Waals surface area contributed by atoms with Crippen molar-refractivity contribution in [2.24, 2.45) is 5.92 Å². The molecule has 2 amide bonds. The number of hydrogen-bond donors (Lipinski definition) is 1. The molecule has 0 saturated carbocycles. The summed E-state index contributed by atoms with van der Waals surface area (Å²) in [6.45, 7) is 7.36. The number of aryl methyl sites for hydroxylation is 1. The topological polar surface area (TPSA) is 49.4 Å². The number of hydrogen-bond acceptors (Lipinski definition) is 2. The van der Waals surface area contributed by atoms with Crippen LogP contribution >= 0.6 is 0 Å². The first-order valence-electron chi connectivity index (χ1n) is 9.16. The molecule has 26 heavy (non-hydrogen) atoms. The van der Waals surface area contributed by atoms with Crippen LogP contribution in [0.4, 0.5) is 5.69 Å². The Bertz CT molecular complexity index is 779. The van der Waals surface area contributed by atoms with Crippen LogP contribution in [0.5, 0.6) is 0 Å². The Hall–Kier alpha value is -2.62. The third kappa shape index (κ3) is 4.31. The third-order valence-corrected chi connectivity index (χ3v) is 4.92. The number of amides is 2. The molecule has 2 aromatic rings. The fourth-order valence-electron chi connectivity index (χ4n) is 3.21. The number of likely N-dealkylation sites (tertiary alicyclic amines) is 1. The number of nitrogens with zero attached hydrogens (tertiary/aromatic N) is 1. The van der Waals surface area contributed by atoms with Gasteiger partial charge in [0.05, 0.1) is 5.92 Å². The SMILES string of the molecule is Cc1ccc(CN2C[C@@H](C(=O)Nc3ccc(C(C)C)cc3)CC2=O)cc1. The van der Waals surface area contributed by atoms with E-state index in [0.717, 1.165) is 11.3 Å². The van der Waals surface area contributed by atoms with Gasteiger partial charge in [-0.2, -0.15) is 0 Å². The Balaban J connectivity index is 1.58. The molecular formula is C22H26N2O2. The second kappa shape index (κ2) is 7.73. The van der Waals surface area contributed by atoms with E-state index in [-0.39, 0.29) is 24.2 Å². The Labute approximate surface area is 155 Å². The minimum Gasteiger partial charge on any atom is -0.338 e. The summed E-state index contributed by atoms with van der Waals surface area (Å²) in [6.07, 6.45) is 0.280. The summed E-state index contributed by atoms with van der Waals surface area (Å²) in [5.41, 5.74) is 4.31. The summed E-state index contributed by atoms with van der Waals surface area (Å²) in [4.78, 5) is 26.6. The molecule has 1 saturated heterocycles. The summed E-state index contributed by atoms with van der Waals surface area (Å²) in [5, 5.41) is 2.94. The molecule has 0 radical (unpaired) electrons. The lowest BCUT2D eigenvalue weighted by Gasteiger charge is -2.17. The fraction of sp³-hybridized carbons (Fsp3) is 0.364. The monoisotopic (exact) mass is 350 g/mol. The van der Waals surface area contributed by atoms with E-state index < -0.39 is 0 Å². The quantitative estimate of drug-likeness (QED) is 0.882. The van der Waals surface area contributed by atoms with E-state index in [1.54, 1.807) is 4.90 Å². The predicted octanol–water partition coefficient (Wildman–Crippen LogP) is 4.11. The average Bonchev–Trinajstić information content (AvgIpc) is 2.98. The molecule has 4 heteroatoms. The van der Waals surface area contributed by atoms with Gasteiger partial charge in [0.1, 0.15) is 0 Å². The van der Waals surface area contributed by atoms with Crippen LogP contribution in [0.25, 0.3) is 0 Å². The highest BCUT2D eigenvalue weighted by Crippen LogP contribution is 2.23. The normalized spacial score (nSPS) is 17.0. The summed E-state index contributed by atoms with van der Waals surface area (Å²) in [7, 11) is 0. The Morgan fingerprint density at radius 2 is 1.77 bits per heavy atom.